The first-order valence-corrected chi connectivity index (χ1v) is 7.72. The summed E-state index contributed by atoms with van der Waals surface area (Å²) < 4.78 is 1.92. The van der Waals surface area contributed by atoms with E-state index in [1.54, 1.807) is 18.6 Å². The van der Waals surface area contributed by atoms with E-state index in [9.17, 15) is 0 Å². The van der Waals surface area contributed by atoms with Gasteiger partial charge < -0.3 is 5.11 Å². The minimum Gasteiger partial charge on any atom is -0.392 e. The molecule has 0 aliphatic heterocycles. The van der Waals surface area contributed by atoms with Gasteiger partial charge in [0.25, 0.3) is 0 Å². The van der Waals surface area contributed by atoms with E-state index in [1.807, 2.05) is 18.3 Å². The molecular weight excluding hydrogens is 428 g/mol. The Labute approximate surface area is 131 Å². The van der Waals surface area contributed by atoms with Gasteiger partial charge in [0.1, 0.15) is 0 Å². The summed E-state index contributed by atoms with van der Waals surface area (Å²) in [6.45, 7) is 0.0481. The Bertz CT molecular complexity index is 449. The van der Waals surface area contributed by atoms with Gasteiger partial charge in [-0.3, -0.25) is 9.97 Å². The molecule has 18 heavy (non-hydrogen) atoms. The van der Waals surface area contributed by atoms with Crippen LogP contribution in [-0.4, -0.2) is 15.1 Å². The minimum atomic E-state index is 0.0481. The molecule has 2 aromatic heterocycles. The molecular formula is C12H11Br3N2O. The molecule has 0 aliphatic carbocycles. The van der Waals surface area contributed by atoms with Crippen LogP contribution >= 0.6 is 47.8 Å². The Morgan fingerprint density at radius 2 is 1.39 bits per heavy atom. The van der Waals surface area contributed by atoms with Crippen molar-refractivity contribution in [2.75, 3.05) is 0 Å². The fourth-order valence-corrected chi connectivity index (χ4v) is 2.20. The van der Waals surface area contributed by atoms with Crippen LogP contribution in [0.4, 0.5) is 0 Å². The van der Waals surface area contributed by atoms with E-state index in [2.05, 4.69) is 57.8 Å². The van der Waals surface area contributed by atoms with Crippen molar-refractivity contribution >= 4 is 47.8 Å². The lowest BCUT2D eigenvalue weighted by atomic mass is 10.3. The Balaban J connectivity index is 0.000000180. The van der Waals surface area contributed by atoms with Crippen LogP contribution in [0.5, 0.6) is 0 Å². The maximum atomic E-state index is 8.60. The monoisotopic (exact) mass is 436 g/mol. The fraction of sp³-hybridized carbons (Fsp3) is 0.167. The number of rotatable bonds is 2. The largest absolute Gasteiger partial charge is 0.392 e. The molecule has 0 fully saturated rings. The first-order chi connectivity index (χ1) is 8.65. The predicted molar refractivity (Wildman–Crippen MR) is 82.4 cm³/mol. The van der Waals surface area contributed by atoms with Gasteiger partial charge in [0.05, 0.1) is 6.61 Å². The van der Waals surface area contributed by atoms with Gasteiger partial charge in [-0.1, -0.05) is 15.9 Å². The molecule has 0 amide bonds. The van der Waals surface area contributed by atoms with Crippen molar-refractivity contribution in [1.82, 2.24) is 9.97 Å². The highest BCUT2D eigenvalue weighted by atomic mass is 79.9. The van der Waals surface area contributed by atoms with E-state index >= 15 is 0 Å². The zero-order chi connectivity index (χ0) is 13.4. The number of aliphatic hydroxyl groups is 1. The minimum absolute atomic E-state index is 0.0481. The molecule has 2 heterocycles. The molecule has 1 N–H and O–H groups in total. The van der Waals surface area contributed by atoms with E-state index in [-0.39, 0.29) is 6.61 Å². The second-order valence-corrected chi connectivity index (χ2v) is 5.71. The summed E-state index contributed by atoms with van der Waals surface area (Å²) >= 11 is 9.88. The molecule has 0 aliphatic rings. The first-order valence-electron chi connectivity index (χ1n) is 5.01. The summed E-state index contributed by atoms with van der Waals surface area (Å²) in [5, 5.41) is 9.46. The molecule has 0 radical (unpaired) electrons. The standard InChI is InChI=1S/C6H5Br2N.C6H6BrNO/c7-2-5-1-6(8)4-9-3-5;7-6-1-5(4-9)2-8-3-6/h1,3-4H,2H2;1-3,9H,4H2. The Kier molecular flexibility index (Phi) is 7.65. The van der Waals surface area contributed by atoms with Crippen LogP contribution < -0.4 is 0 Å². The first kappa shape index (κ1) is 15.8. The van der Waals surface area contributed by atoms with Crippen LogP contribution in [0.15, 0.2) is 45.9 Å². The molecule has 6 heteroatoms. The lowest BCUT2D eigenvalue weighted by Crippen LogP contribution is -1.83. The smallest absolute Gasteiger partial charge is 0.0697 e. The summed E-state index contributed by atoms with van der Waals surface area (Å²) in [5.41, 5.74) is 2.01. The van der Waals surface area contributed by atoms with Crippen molar-refractivity contribution in [2.45, 2.75) is 11.9 Å². The van der Waals surface area contributed by atoms with Gasteiger partial charge in [-0.05, 0) is 55.1 Å². The summed E-state index contributed by atoms with van der Waals surface area (Å²) in [5.74, 6) is 0. The molecule has 96 valence electrons. The molecule has 0 saturated heterocycles. The van der Waals surface area contributed by atoms with Gasteiger partial charge in [0, 0.05) is 39.1 Å². The van der Waals surface area contributed by atoms with Crippen molar-refractivity contribution in [2.24, 2.45) is 0 Å². The molecule has 0 bridgehead atoms. The molecule has 2 rings (SSSR count). The number of aromatic nitrogens is 2. The fourth-order valence-electron chi connectivity index (χ4n) is 1.07. The highest BCUT2D eigenvalue weighted by molar-refractivity contribution is 9.10. The summed E-state index contributed by atoms with van der Waals surface area (Å²) in [7, 11) is 0. The van der Waals surface area contributed by atoms with Crippen molar-refractivity contribution in [3.63, 3.8) is 0 Å². The van der Waals surface area contributed by atoms with Crippen LogP contribution in [-0.2, 0) is 11.9 Å². The lowest BCUT2D eigenvalue weighted by molar-refractivity contribution is 0.281. The van der Waals surface area contributed by atoms with E-state index in [4.69, 9.17) is 5.11 Å². The zero-order valence-electron chi connectivity index (χ0n) is 9.35. The lowest BCUT2D eigenvalue weighted by Gasteiger charge is -1.92. The average Bonchev–Trinajstić information content (AvgIpc) is 2.39. The van der Waals surface area contributed by atoms with E-state index in [1.165, 1.54) is 5.56 Å². The molecule has 3 nitrogen and oxygen atoms in total. The van der Waals surface area contributed by atoms with Gasteiger partial charge in [-0.25, -0.2) is 0 Å². The normalized spacial score (nSPS) is 9.56. The number of hydrogen-bond donors (Lipinski definition) is 1. The maximum absolute atomic E-state index is 8.60. The average molecular weight is 439 g/mol. The zero-order valence-corrected chi connectivity index (χ0v) is 14.1. The Morgan fingerprint density at radius 1 is 0.889 bits per heavy atom. The van der Waals surface area contributed by atoms with Gasteiger partial charge in [-0.15, -0.1) is 0 Å². The molecule has 0 atom stereocenters. The highest BCUT2D eigenvalue weighted by Crippen LogP contribution is 2.11. The SMILES string of the molecule is BrCc1cncc(Br)c1.OCc1cncc(Br)c1. The Hall–Kier alpha value is -0.300. The number of aliphatic hydroxyl groups excluding tert-OH is 1. The van der Waals surface area contributed by atoms with Gasteiger partial charge in [0.15, 0.2) is 0 Å². The third-order valence-electron chi connectivity index (χ3n) is 1.86. The van der Waals surface area contributed by atoms with E-state index in [0.29, 0.717) is 0 Å². The van der Waals surface area contributed by atoms with E-state index in [0.717, 1.165) is 19.8 Å². The maximum Gasteiger partial charge on any atom is 0.0697 e. The number of hydrogen-bond acceptors (Lipinski definition) is 3. The van der Waals surface area contributed by atoms with Gasteiger partial charge >= 0.3 is 0 Å². The number of alkyl halides is 1. The second kappa shape index (κ2) is 8.74. The van der Waals surface area contributed by atoms with Gasteiger partial charge in [0.2, 0.25) is 0 Å². The van der Waals surface area contributed by atoms with Crippen molar-refractivity contribution in [1.29, 1.82) is 0 Å². The quantitative estimate of drug-likeness (QED) is 0.719. The highest BCUT2D eigenvalue weighted by Gasteiger charge is 1.90. The van der Waals surface area contributed by atoms with Crippen LogP contribution in [0.1, 0.15) is 11.1 Å². The summed E-state index contributed by atoms with van der Waals surface area (Å²) in [4.78, 5) is 7.83. The van der Waals surface area contributed by atoms with Crippen molar-refractivity contribution in [3.8, 4) is 0 Å². The molecule has 2 aromatic rings. The summed E-state index contributed by atoms with van der Waals surface area (Å²) in [6, 6.07) is 3.86. The van der Waals surface area contributed by atoms with Crippen LogP contribution in [0.25, 0.3) is 0 Å². The number of nitrogens with zero attached hydrogens (tertiary/aromatic N) is 2. The number of halogens is 3. The van der Waals surface area contributed by atoms with Gasteiger partial charge in [-0.2, -0.15) is 0 Å². The van der Waals surface area contributed by atoms with Crippen molar-refractivity contribution < 1.29 is 5.11 Å². The number of pyridine rings is 2. The van der Waals surface area contributed by atoms with Crippen LogP contribution in [0, 0.1) is 0 Å². The molecule has 0 saturated carbocycles. The van der Waals surface area contributed by atoms with Crippen molar-refractivity contribution in [3.05, 3.63) is 57.0 Å². The molecule has 0 unspecified atom stereocenters. The van der Waals surface area contributed by atoms with Crippen LogP contribution in [0.3, 0.4) is 0 Å². The summed E-state index contributed by atoms with van der Waals surface area (Å²) in [6.07, 6.45) is 6.91. The predicted octanol–water partition coefficient (Wildman–Crippen LogP) is 4.08. The molecule has 0 spiro atoms. The Morgan fingerprint density at radius 3 is 1.72 bits per heavy atom. The third-order valence-corrected chi connectivity index (χ3v) is 3.37. The third kappa shape index (κ3) is 6.04. The van der Waals surface area contributed by atoms with Crippen LogP contribution in [0.2, 0.25) is 0 Å². The second-order valence-electron chi connectivity index (χ2n) is 3.31. The topological polar surface area (TPSA) is 46.0 Å². The molecule has 0 aromatic carbocycles. The van der Waals surface area contributed by atoms with E-state index < -0.39 is 0 Å².